The van der Waals surface area contributed by atoms with Gasteiger partial charge in [0, 0.05) is 16.9 Å². The number of halogens is 1. The number of ether oxygens (including phenoxy) is 1. The number of alkyl halides is 1. The fourth-order valence-corrected chi connectivity index (χ4v) is 1.67. The van der Waals surface area contributed by atoms with Crippen LogP contribution in [0.15, 0.2) is 36.5 Å². The number of pyridine rings is 1. The highest BCUT2D eigenvalue weighted by molar-refractivity contribution is 9.09. The first-order valence-electron chi connectivity index (χ1n) is 4.94. The summed E-state index contributed by atoms with van der Waals surface area (Å²) in [6.45, 7) is 0.735. The van der Waals surface area contributed by atoms with Gasteiger partial charge < -0.3 is 4.74 Å². The van der Waals surface area contributed by atoms with E-state index in [1.165, 1.54) is 0 Å². The molecule has 0 atom stereocenters. The van der Waals surface area contributed by atoms with Crippen LogP contribution in [0.3, 0.4) is 0 Å². The monoisotopic (exact) mass is 265 g/mol. The lowest BCUT2D eigenvalue weighted by molar-refractivity contribution is 0.323. The molecule has 0 bridgehead atoms. The van der Waals surface area contributed by atoms with E-state index in [9.17, 15) is 0 Å². The fraction of sp³-hybridized carbons (Fsp3) is 0.250. The number of hydrogen-bond donors (Lipinski definition) is 0. The number of benzene rings is 1. The van der Waals surface area contributed by atoms with Crippen LogP contribution in [0.1, 0.15) is 6.42 Å². The molecule has 15 heavy (non-hydrogen) atoms. The van der Waals surface area contributed by atoms with Crippen LogP contribution in [0, 0.1) is 0 Å². The third kappa shape index (κ3) is 2.48. The first kappa shape index (κ1) is 10.4. The van der Waals surface area contributed by atoms with Crippen molar-refractivity contribution in [1.29, 1.82) is 0 Å². The van der Waals surface area contributed by atoms with Gasteiger partial charge in [-0.1, -0.05) is 22.0 Å². The van der Waals surface area contributed by atoms with Crippen LogP contribution in [0.2, 0.25) is 0 Å². The SMILES string of the molecule is BrCCCOc1cccc2ncccc12. The smallest absolute Gasteiger partial charge is 0.128 e. The highest BCUT2D eigenvalue weighted by Crippen LogP contribution is 2.23. The summed E-state index contributed by atoms with van der Waals surface area (Å²) in [6, 6.07) is 9.91. The zero-order valence-corrected chi connectivity index (χ0v) is 9.90. The summed E-state index contributed by atoms with van der Waals surface area (Å²) < 4.78 is 5.69. The first-order chi connectivity index (χ1) is 7.42. The minimum Gasteiger partial charge on any atom is -0.493 e. The Labute approximate surface area is 97.4 Å². The summed E-state index contributed by atoms with van der Waals surface area (Å²) in [5.74, 6) is 0.918. The summed E-state index contributed by atoms with van der Waals surface area (Å²) >= 11 is 3.38. The Balaban J connectivity index is 2.26. The molecule has 0 radical (unpaired) electrons. The van der Waals surface area contributed by atoms with Gasteiger partial charge in [0.25, 0.3) is 0 Å². The molecule has 0 N–H and O–H groups in total. The molecule has 3 heteroatoms. The van der Waals surface area contributed by atoms with Crippen molar-refractivity contribution in [1.82, 2.24) is 4.98 Å². The van der Waals surface area contributed by atoms with Crippen LogP contribution >= 0.6 is 15.9 Å². The number of hydrogen-bond acceptors (Lipinski definition) is 2. The molecule has 2 nitrogen and oxygen atoms in total. The van der Waals surface area contributed by atoms with E-state index in [0.717, 1.165) is 35.0 Å². The first-order valence-corrected chi connectivity index (χ1v) is 6.06. The Morgan fingerprint density at radius 1 is 1.20 bits per heavy atom. The zero-order valence-electron chi connectivity index (χ0n) is 8.32. The maximum absolute atomic E-state index is 5.69. The molecule has 0 fully saturated rings. The largest absolute Gasteiger partial charge is 0.493 e. The van der Waals surface area contributed by atoms with Crippen molar-refractivity contribution in [3.05, 3.63) is 36.5 Å². The molecular weight excluding hydrogens is 254 g/mol. The number of fused-ring (bicyclic) bond motifs is 1. The van der Waals surface area contributed by atoms with Crippen molar-refractivity contribution in [2.75, 3.05) is 11.9 Å². The molecule has 0 saturated carbocycles. The predicted octanol–water partition coefficient (Wildman–Crippen LogP) is 3.40. The lowest BCUT2D eigenvalue weighted by Crippen LogP contribution is -1.98. The Morgan fingerprint density at radius 3 is 3.00 bits per heavy atom. The molecule has 0 unspecified atom stereocenters. The van der Waals surface area contributed by atoms with E-state index in [1.54, 1.807) is 6.20 Å². The van der Waals surface area contributed by atoms with Gasteiger partial charge in [-0.15, -0.1) is 0 Å². The predicted molar refractivity (Wildman–Crippen MR) is 65.6 cm³/mol. The van der Waals surface area contributed by atoms with Crippen LogP contribution in [0.25, 0.3) is 10.9 Å². The average Bonchev–Trinajstić information content (AvgIpc) is 2.30. The zero-order chi connectivity index (χ0) is 10.5. The Morgan fingerprint density at radius 2 is 2.13 bits per heavy atom. The molecule has 0 aliphatic carbocycles. The lowest BCUT2D eigenvalue weighted by atomic mass is 10.2. The van der Waals surface area contributed by atoms with Gasteiger partial charge in [0.15, 0.2) is 0 Å². The number of nitrogens with zero attached hydrogens (tertiary/aromatic N) is 1. The van der Waals surface area contributed by atoms with E-state index in [-0.39, 0.29) is 0 Å². The Kier molecular flexibility index (Phi) is 3.56. The van der Waals surface area contributed by atoms with E-state index >= 15 is 0 Å². The quantitative estimate of drug-likeness (QED) is 0.625. The third-order valence-electron chi connectivity index (χ3n) is 2.14. The molecule has 0 aliphatic rings. The van der Waals surface area contributed by atoms with Crippen molar-refractivity contribution in [3.63, 3.8) is 0 Å². The van der Waals surface area contributed by atoms with Gasteiger partial charge in [-0.3, -0.25) is 4.98 Å². The number of aromatic nitrogens is 1. The van der Waals surface area contributed by atoms with Crippen LogP contribution in [-0.4, -0.2) is 16.9 Å². The van der Waals surface area contributed by atoms with E-state index in [2.05, 4.69) is 20.9 Å². The van der Waals surface area contributed by atoms with Crippen molar-refractivity contribution < 1.29 is 4.74 Å². The standard InChI is InChI=1S/C12H12BrNO/c13-7-3-9-15-12-6-1-5-11-10(12)4-2-8-14-11/h1-2,4-6,8H,3,7,9H2. The molecule has 1 aromatic heterocycles. The van der Waals surface area contributed by atoms with Crippen molar-refractivity contribution >= 4 is 26.8 Å². The molecular formula is C12H12BrNO. The highest BCUT2D eigenvalue weighted by Gasteiger charge is 2.00. The molecule has 0 aliphatic heterocycles. The molecule has 2 rings (SSSR count). The fourth-order valence-electron chi connectivity index (χ4n) is 1.44. The number of rotatable bonds is 4. The summed E-state index contributed by atoms with van der Waals surface area (Å²) in [7, 11) is 0. The minimum absolute atomic E-state index is 0.735. The second kappa shape index (κ2) is 5.12. The summed E-state index contributed by atoms with van der Waals surface area (Å²) in [5, 5.41) is 2.05. The molecule has 1 aromatic carbocycles. The summed E-state index contributed by atoms with van der Waals surface area (Å²) in [5.41, 5.74) is 0.980. The molecule has 78 valence electrons. The second-order valence-corrected chi connectivity index (χ2v) is 4.01. The average molecular weight is 266 g/mol. The van der Waals surface area contributed by atoms with E-state index in [0.29, 0.717) is 0 Å². The van der Waals surface area contributed by atoms with E-state index in [1.807, 2.05) is 30.3 Å². The van der Waals surface area contributed by atoms with Crippen LogP contribution in [0.4, 0.5) is 0 Å². The summed E-state index contributed by atoms with van der Waals surface area (Å²) in [4.78, 5) is 4.28. The normalized spacial score (nSPS) is 10.5. The van der Waals surface area contributed by atoms with Crippen LogP contribution in [-0.2, 0) is 0 Å². The molecule has 2 aromatic rings. The molecule has 0 spiro atoms. The van der Waals surface area contributed by atoms with Gasteiger partial charge in [0.1, 0.15) is 5.75 Å². The molecule has 0 saturated heterocycles. The Bertz CT molecular complexity index is 439. The maximum atomic E-state index is 5.69. The van der Waals surface area contributed by atoms with Crippen LogP contribution < -0.4 is 4.74 Å². The van der Waals surface area contributed by atoms with E-state index in [4.69, 9.17) is 4.74 Å². The Hall–Kier alpha value is -1.09. The van der Waals surface area contributed by atoms with Crippen molar-refractivity contribution in [2.24, 2.45) is 0 Å². The third-order valence-corrected chi connectivity index (χ3v) is 2.70. The topological polar surface area (TPSA) is 22.1 Å². The molecule has 1 heterocycles. The van der Waals surface area contributed by atoms with Gasteiger partial charge >= 0.3 is 0 Å². The highest BCUT2D eigenvalue weighted by atomic mass is 79.9. The van der Waals surface area contributed by atoms with Gasteiger partial charge in [0.05, 0.1) is 12.1 Å². The maximum Gasteiger partial charge on any atom is 0.128 e. The second-order valence-electron chi connectivity index (χ2n) is 3.22. The van der Waals surface area contributed by atoms with Gasteiger partial charge in [0.2, 0.25) is 0 Å². The van der Waals surface area contributed by atoms with Crippen molar-refractivity contribution in [2.45, 2.75) is 6.42 Å². The van der Waals surface area contributed by atoms with Gasteiger partial charge in [-0.05, 0) is 30.7 Å². The van der Waals surface area contributed by atoms with Gasteiger partial charge in [-0.25, -0.2) is 0 Å². The summed E-state index contributed by atoms with van der Waals surface area (Å²) in [6.07, 6.45) is 2.81. The lowest BCUT2D eigenvalue weighted by Gasteiger charge is -2.07. The van der Waals surface area contributed by atoms with Crippen LogP contribution in [0.5, 0.6) is 5.75 Å². The molecule has 0 amide bonds. The minimum atomic E-state index is 0.735. The van der Waals surface area contributed by atoms with Crippen molar-refractivity contribution in [3.8, 4) is 5.75 Å². The van der Waals surface area contributed by atoms with E-state index < -0.39 is 0 Å². The van der Waals surface area contributed by atoms with Gasteiger partial charge in [-0.2, -0.15) is 0 Å².